The van der Waals surface area contributed by atoms with Crippen LogP contribution in [0.15, 0.2) is 66.7 Å². The van der Waals surface area contributed by atoms with Gasteiger partial charge in [-0.2, -0.15) is 0 Å². The van der Waals surface area contributed by atoms with Crippen LogP contribution in [0.25, 0.3) is 21.9 Å². The van der Waals surface area contributed by atoms with Crippen molar-refractivity contribution in [2.75, 3.05) is 0 Å². The van der Waals surface area contributed by atoms with E-state index in [9.17, 15) is 8.89 Å². The fraction of sp³-hybridized carbons (Fsp3) is 0.389. The zero-order chi connectivity index (χ0) is 28.2. The molecule has 223 valence electrons. The summed E-state index contributed by atoms with van der Waals surface area (Å²) < 4.78 is 17.7. The van der Waals surface area contributed by atoms with Crippen LogP contribution in [0.5, 0.6) is 0 Å². The minimum absolute atomic E-state index is 0. The van der Waals surface area contributed by atoms with Crippen molar-refractivity contribution >= 4 is 35.6 Å². The Kier molecular flexibility index (Phi) is 10.2. The normalized spacial score (nSPS) is 16.4. The van der Waals surface area contributed by atoms with Crippen molar-refractivity contribution in [3.8, 4) is 11.1 Å². The van der Waals surface area contributed by atoms with Crippen LogP contribution in [0.1, 0.15) is 118 Å². The third-order valence-corrected chi connectivity index (χ3v) is 10.1. The summed E-state index contributed by atoms with van der Waals surface area (Å²) in [5.74, 6) is 1.50. The fourth-order valence-corrected chi connectivity index (χ4v) is 8.15. The molecular formula is C36H45Cl2N2Ni. The summed E-state index contributed by atoms with van der Waals surface area (Å²) in [5, 5.41) is 2.50. The summed E-state index contributed by atoms with van der Waals surface area (Å²) in [6.45, 7) is 18.2. The average Bonchev–Trinajstić information content (AvgIpc) is 3.24. The van der Waals surface area contributed by atoms with Crippen LogP contribution >= 0.6 is 24.8 Å². The van der Waals surface area contributed by atoms with E-state index in [1.54, 1.807) is 0 Å². The number of hydrogen-bond donors (Lipinski definition) is 2. The van der Waals surface area contributed by atoms with Crippen molar-refractivity contribution < 1.29 is 13.0 Å². The van der Waals surface area contributed by atoms with Gasteiger partial charge in [-0.25, -0.2) is 0 Å². The molecular weight excluding hydrogens is 590 g/mol. The molecule has 0 bridgehead atoms. The minimum Gasteiger partial charge on any atom is -0.147 e. The van der Waals surface area contributed by atoms with Crippen molar-refractivity contribution in [3.63, 3.8) is 0 Å². The molecule has 1 aliphatic rings. The first-order chi connectivity index (χ1) is 18.5. The summed E-state index contributed by atoms with van der Waals surface area (Å²) in [6.07, 6.45) is 0.712. The predicted molar refractivity (Wildman–Crippen MR) is 177 cm³/mol. The zero-order valence-corrected chi connectivity index (χ0v) is 28.1. The molecule has 2 nitrogen and oxygen atoms in total. The zero-order valence-electron chi connectivity index (χ0n) is 25.5. The van der Waals surface area contributed by atoms with Gasteiger partial charge in [0.1, 0.15) is 0 Å². The van der Waals surface area contributed by atoms with Crippen LogP contribution in [-0.4, -0.2) is 0 Å². The molecule has 1 unspecified atom stereocenters. The Morgan fingerprint density at radius 3 is 1.56 bits per heavy atom. The van der Waals surface area contributed by atoms with Crippen molar-refractivity contribution in [1.82, 2.24) is 0 Å². The third-order valence-electron chi connectivity index (χ3n) is 8.58. The Labute approximate surface area is 263 Å². The molecule has 0 aromatic heterocycles. The van der Waals surface area contributed by atoms with Gasteiger partial charge in [0.25, 0.3) is 0 Å². The Morgan fingerprint density at radius 1 is 0.634 bits per heavy atom. The van der Waals surface area contributed by atoms with E-state index < -0.39 is 17.4 Å². The molecule has 2 N–H and O–H groups in total. The molecule has 0 saturated carbocycles. The number of rotatable bonds is 7. The second kappa shape index (κ2) is 12.6. The smallest absolute Gasteiger partial charge is 0.147 e. The van der Waals surface area contributed by atoms with Crippen LogP contribution in [0.3, 0.4) is 0 Å². The maximum absolute atomic E-state index is 9.18. The summed E-state index contributed by atoms with van der Waals surface area (Å²) in [4.78, 5) is 0. The predicted octanol–water partition coefficient (Wildman–Crippen LogP) is 11.8. The van der Waals surface area contributed by atoms with Gasteiger partial charge >= 0.3 is 239 Å². The average molecular weight is 635 g/mol. The van der Waals surface area contributed by atoms with E-state index in [1.165, 1.54) is 60.8 Å². The summed E-state index contributed by atoms with van der Waals surface area (Å²) in [6, 6.07) is 24.8. The summed E-state index contributed by atoms with van der Waals surface area (Å²) in [7, 11) is 0. The van der Waals surface area contributed by atoms with Crippen LogP contribution in [0.2, 0.25) is 0 Å². The van der Waals surface area contributed by atoms with Crippen molar-refractivity contribution in [1.29, 1.82) is 8.89 Å². The maximum Gasteiger partial charge on any atom is -0.147 e. The van der Waals surface area contributed by atoms with Gasteiger partial charge in [0.15, 0.2) is 0 Å². The molecule has 41 heavy (non-hydrogen) atoms. The van der Waals surface area contributed by atoms with E-state index in [-0.39, 0.29) is 24.8 Å². The second-order valence-corrected chi connectivity index (χ2v) is 14.0. The van der Waals surface area contributed by atoms with Gasteiger partial charge in [0, 0.05) is 0 Å². The minimum atomic E-state index is -1.53. The molecule has 5 heteroatoms. The van der Waals surface area contributed by atoms with Crippen LogP contribution in [-0.2, 0) is 23.8 Å². The molecule has 5 rings (SSSR count). The maximum atomic E-state index is 9.18. The summed E-state index contributed by atoms with van der Waals surface area (Å²) >= 11 is -1.53. The fourth-order valence-electron chi connectivity index (χ4n) is 6.78. The van der Waals surface area contributed by atoms with Crippen LogP contribution in [0.4, 0.5) is 0 Å². The first-order valence-corrected chi connectivity index (χ1v) is 15.8. The van der Waals surface area contributed by atoms with Crippen molar-refractivity contribution in [2.45, 2.75) is 89.9 Å². The molecule has 0 saturated heterocycles. The number of halogens is 2. The van der Waals surface area contributed by atoms with E-state index in [0.717, 1.165) is 0 Å². The monoisotopic (exact) mass is 633 g/mol. The molecule has 1 atom stereocenters. The van der Waals surface area contributed by atoms with Gasteiger partial charge in [-0.1, -0.05) is 0 Å². The van der Waals surface area contributed by atoms with Gasteiger partial charge in [-0.05, 0) is 0 Å². The van der Waals surface area contributed by atoms with E-state index in [2.05, 4.69) is 122 Å². The number of nitrogens with one attached hydrogen (secondary N) is 2. The number of benzene rings is 4. The molecule has 4 aromatic carbocycles. The quantitative estimate of drug-likeness (QED) is 0.190. The SMILES string of the molecule is CC(C)c1cccc(C(C)C)c1-c1cc2c3c(cccc3c1)[C](c1c(C(C)C)cccc1C(C)C)([Ni](=[NH])=[NH])C2.Cl.Cl. The Balaban J connectivity index is 0.00000231. The Bertz CT molecular complexity index is 1590. The van der Waals surface area contributed by atoms with E-state index in [1.807, 2.05) is 0 Å². The Morgan fingerprint density at radius 2 is 1.10 bits per heavy atom. The first-order valence-electron chi connectivity index (χ1n) is 14.3. The standard InChI is InChI=1S/C36H41.2ClH.2HN.Ni/c1-21(2)28-13-10-14-29(22(3)4)35(28)26-18-25-12-9-17-32-33(20-27(19-26)34(25)32)36-30(23(5)6)15-11-16-31(36)24(7)8;;;;;/h9-19,21-24H,20H2,1-8H3;4*1H;. The van der Waals surface area contributed by atoms with E-state index in [4.69, 9.17) is 0 Å². The van der Waals surface area contributed by atoms with E-state index in [0.29, 0.717) is 30.1 Å². The van der Waals surface area contributed by atoms with Gasteiger partial charge in [-0.3, -0.25) is 0 Å². The van der Waals surface area contributed by atoms with Gasteiger partial charge in [0.05, 0.1) is 0 Å². The second-order valence-electron chi connectivity index (χ2n) is 12.4. The number of hydrogen-bond acceptors (Lipinski definition) is 2. The van der Waals surface area contributed by atoms with Crippen molar-refractivity contribution in [2.24, 2.45) is 0 Å². The molecule has 0 heterocycles. The third kappa shape index (κ3) is 5.40. The van der Waals surface area contributed by atoms with Gasteiger partial charge in [0.2, 0.25) is 0 Å². The summed E-state index contributed by atoms with van der Waals surface area (Å²) in [5.41, 5.74) is 11.7. The van der Waals surface area contributed by atoms with Gasteiger partial charge in [-0.15, -0.1) is 24.8 Å². The van der Waals surface area contributed by atoms with Crippen LogP contribution in [0, 0.1) is 8.89 Å². The van der Waals surface area contributed by atoms with Gasteiger partial charge < -0.3 is 0 Å². The Hall–Kier alpha value is -2.19. The van der Waals surface area contributed by atoms with Crippen molar-refractivity contribution in [3.05, 3.63) is 106 Å². The molecule has 0 radical (unpaired) electrons. The molecule has 1 aliphatic carbocycles. The van der Waals surface area contributed by atoms with E-state index >= 15 is 0 Å². The first kappa shape index (κ1) is 33.3. The molecule has 0 fully saturated rings. The van der Waals surface area contributed by atoms with Crippen LogP contribution < -0.4 is 0 Å². The largest absolute Gasteiger partial charge is 0.147 e. The topological polar surface area (TPSA) is 47.7 Å². The molecule has 0 spiro atoms. The molecule has 0 aliphatic heterocycles. The molecule has 0 amide bonds. The molecule has 4 aromatic rings.